The van der Waals surface area contributed by atoms with E-state index in [2.05, 4.69) is 5.32 Å². The molecular weight excluding hydrogens is 272 g/mol. The van der Waals surface area contributed by atoms with Gasteiger partial charge in [-0.25, -0.2) is 4.79 Å². The van der Waals surface area contributed by atoms with E-state index in [1.54, 1.807) is 0 Å². The van der Waals surface area contributed by atoms with Gasteiger partial charge in [-0.15, -0.1) is 0 Å². The van der Waals surface area contributed by atoms with Crippen LogP contribution in [-0.4, -0.2) is 49.7 Å². The van der Waals surface area contributed by atoms with Gasteiger partial charge in [0.2, 0.25) is 5.91 Å². The topological polar surface area (TPSA) is 67.9 Å². The van der Waals surface area contributed by atoms with Crippen LogP contribution in [0.1, 0.15) is 5.56 Å². The third-order valence-electron chi connectivity index (χ3n) is 3.72. The highest BCUT2D eigenvalue weighted by molar-refractivity contribution is 5.82. The molecule has 3 rings (SSSR count). The molecule has 1 aromatic rings. The van der Waals surface area contributed by atoms with Crippen LogP contribution in [0, 0.1) is 5.92 Å². The van der Waals surface area contributed by atoms with Gasteiger partial charge in [-0.05, 0) is 18.1 Å². The summed E-state index contributed by atoms with van der Waals surface area (Å²) < 4.78 is 10.5. The lowest BCUT2D eigenvalue weighted by Crippen LogP contribution is -2.41. The van der Waals surface area contributed by atoms with Gasteiger partial charge in [-0.3, -0.25) is 9.69 Å². The number of nitrogens with one attached hydrogen (secondary N) is 1. The second kappa shape index (κ2) is 6.03. The molecule has 6 heteroatoms. The summed E-state index contributed by atoms with van der Waals surface area (Å²) in [6, 6.07) is 7.95. The molecule has 6 nitrogen and oxygen atoms in total. The molecule has 1 fully saturated rings. The number of para-hydroxylation sites is 1. The van der Waals surface area contributed by atoms with Gasteiger partial charge in [0.05, 0.1) is 13.2 Å². The summed E-state index contributed by atoms with van der Waals surface area (Å²) in [6.07, 6.45) is 0.474. The summed E-state index contributed by atoms with van der Waals surface area (Å²) in [6.45, 7) is 2.05. The number of fused-ring (bicyclic) bond motifs is 1. The molecule has 112 valence electrons. The molecule has 2 amide bonds. The first kappa shape index (κ1) is 13.7. The second-order valence-corrected chi connectivity index (χ2v) is 5.33. The fourth-order valence-corrected chi connectivity index (χ4v) is 2.58. The Kier molecular flexibility index (Phi) is 3.94. The summed E-state index contributed by atoms with van der Waals surface area (Å²) in [5, 5.41) is 2.86. The van der Waals surface area contributed by atoms with Crippen LogP contribution in [0.15, 0.2) is 24.3 Å². The van der Waals surface area contributed by atoms with E-state index >= 15 is 0 Å². The van der Waals surface area contributed by atoms with E-state index in [1.807, 2.05) is 24.3 Å². The molecule has 1 N–H and O–H groups in total. The molecule has 1 saturated heterocycles. The van der Waals surface area contributed by atoms with E-state index in [0.29, 0.717) is 26.3 Å². The van der Waals surface area contributed by atoms with Crippen LogP contribution in [0.25, 0.3) is 0 Å². The van der Waals surface area contributed by atoms with Crippen molar-refractivity contribution in [2.75, 3.05) is 32.8 Å². The molecule has 0 unspecified atom stereocenters. The van der Waals surface area contributed by atoms with Gasteiger partial charge in [-0.2, -0.15) is 0 Å². The third kappa shape index (κ3) is 3.26. The Hall–Kier alpha value is -2.24. The van der Waals surface area contributed by atoms with Gasteiger partial charge in [0.1, 0.15) is 18.9 Å². The lowest BCUT2D eigenvalue weighted by Gasteiger charge is -2.25. The van der Waals surface area contributed by atoms with Gasteiger partial charge in [0.15, 0.2) is 0 Å². The second-order valence-electron chi connectivity index (χ2n) is 5.33. The number of amides is 2. The lowest BCUT2D eigenvalue weighted by molar-refractivity contribution is -0.121. The van der Waals surface area contributed by atoms with Crippen molar-refractivity contribution in [2.24, 2.45) is 5.92 Å². The molecule has 2 heterocycles. The van der Waals surface area contributed by atoms with Crippen molar-refractivity contribution in [3.8, 4) is 5.75 Å². The molecule has 1 aromatic carbocycles. The molecule has 0 saturated carbocycles. The van der Waals surface area contributed by atoms with Crippen molar-refractivity contribution in [1.82, 2.24) is 10.2 Å². The van der Waals surface area contributed by atoms with Crippen LogP contribution in [-0.2, 0) is 16.0 Å². The zero-order valence-electron chi connectivity index (χ0n) is 11.7. The van der Waals surface area contributed by atoms with Crippen LogP contribution in [0.3, 0.4) is 0 Å². The van der Waals surface area contributed by atoms with Gasteiger partial charge in [0, 0.05) is 12.5 Å². The number of carbonyl (C=O) groups is 2. The van der Waals surface area contributed by atoms with Crippen molar-refractivity contribution in [2.45, 2.75) is 6.42 Å². The molecule has 2 aliphatic heterocycles. The molecule has 0 spiro atoms. The Bertz CT molecular complexity index is 546. The van der Waals surface area contributed by atoms with Crippen LogP contribution in [0.4, 0.5) is 4.79 Å². The quantitative estimate of drug-likeness (QED) is 0.891. The van der Waals surface area contributed by atoms with Gasteiger partial charge >= 0.3 is 6.09 Å². The summed E-state index contributed by atoms with van der Waals surface area (Å²) in [7, 11) is 0. The van der Waals surface area contributed by atoms with Gasteiger partial charge in [0.25, 0.3) is 0 Å². The number of benzene rings is 1. The first-order chi connectivity index (χ1) is 10.2. The molecule has 1 atom stereocenters. The fraction of sp³-hybridized carbons (Fsp3) is 0.467. The molecule has 0 aliphatic carbocycles. The smallest absolute Gasteiger partial charge is 0.410 e. The minimum Gasteiger partial charge on any atom is -0.493 e. The highest BCUT2D eigenvalue weighted by atomic mass is 16.6. The van der Waals surface area contributed by atoms with Crippen molar-refractivity contribution >= 4 is 12.0 Å². The van der Waals surface area contributed by atoms with E-state index in [9.17, 15) is 9.59 Å². The molecule has 0 aromatic heterocycles. The SMILES string of the molecule is O=C(CN1CCOC1=O)NC[C@@H]1COc2ccccc2C1. The first-order valence-electron chi connectivity index (χ1n) is 7.11. The minimum absolute atomic E-state index is 0.0585. The monoisotopic (exact) mass is 290 g/mol. The van der Waals surface area contributed by atoms with Crippen molar-refractivity contribution < 1.29 is 19.1 Å². The number of cyclic esters (lactones) is 1. The Morgan fingerprint density at radius 1 is 1.33 bits per heavy atom. The summed E-state index contributed by atoms with van der Waals surface area (Å²) >= 11 is 0. The number of hydrogen-bond donors (Lipinski definition) is 1. The van der Waals surface area contributed by atoms with Crippen molar-refractivity contribution in [3.63, 3.8) is 0 Å². The van der Waals surface area contributed by atoms with Crippen LogP contribution in [0.2, 0.25) is 0 Å². The Morgan fingerprint density at radius 2 is 2.19 bits per heavy atom. The normalized spacial score (nSPS) is 20.5. The van der Waals surface area contributed by atoms with E-state index in [0.717, 1.165) is 12.2 Å². The van der Waals surface area contributed by atoms with E-state index in [4.69, 9.17) is 9.47 Å². The molecule has 2 aliphatic rings. The molecule has 21 heavy (non-hydrogen) atoms. The number of carbonyl (C=O) groups excluding carboxylic acids is 2. The standard InChI is InChI=1S/C15H18N2O4/c18-14(9-17-5-6-20-15(17)19)16-8-11-7-12-3-1-2-4-13(12)21-10-11/h1-4,11H,5-10H2,(H,16,18)/t11-/m1/s1. The van der Waals surface area contributed by atoms with Crippen molar-refractivity contribution in [1.29, 1.82) is 0 Å². The maximum absolute atomic E-state index is 11.8. The van der Waals surface area contributed by atoms with Crippen LogP contribution in [0.5, 0.6) is 5.75 Å². The van der Waals surface area contributed by atoms with Crippen LogP contribution >= 0.6 is 0 Å². The number of nitrogens with zero attached hydrogens (tertiary/aromatic N) is 1. The number of hydrogen-bond acceptors (Lipinski definition) is 4. The third-order valence-corrected chi connectivity index (χ3v) is 3.72. The largest absolute Gasteiger partial charge is 0.493 e. The number of ether oxygens (including phenoxy) is 2. The predicted molar refractivity (Wildman–Crippen MR) is 75.1 cm³/mol. The minimum atomic E-state index is -0.417. The average Bonchev–Trinajstić information content (AvgIpc) is 2.90. The van der Waals surface area contributed by atoms with Crippen LogP contribution < -0.4 is 10.1 Å². The van der Waals surface area contributed by atoms with E-state index < -0.39 is 6.09 Å². The van der Waals surface area contributed by atoms with Gasteiger partial charge < -0.3 is 14.8 Å². The number of rotatable bonds is 4. The van der Waals surface area contributed by atoms with E-state index in [1.165, 1.54) is 10.5 Å². The van der Waals surface area contributed by atoms with Gasteiger partial charge in [-0.1, -0.05) is 18.2 Å². The summed E-state index contributed by atoms with van der Waals surface area (Å²) in [5.41, 5.74) is 1.17. The average molecular weight is 290 g/mol. The van der Waals surface area contributed by atoms with E-state index in [-0.39, 0.29) is 18.4 Å². The fourth-order valence-electron chi connectivity index (χ4n) is 2.58. The maximum Gasteiger partial charge on any atom is 0.410 e. The Balaban J connectivity index is 1.45. The Morgan fingerprint density at radius 3 is 3.00 bits per heavy atom. The van der Waals surface area contributed by atoms with Crippen molar-refractivity contribution in [3.05, 3.63) is 29.8 Å². The highest BCUT2D eigenvalue weighted by Crippen LogP contribution is 2.26. The first-order valence-corrected chi connectivity index (χ1v) is 7.11. The zero-order valence-corrected chi connectivity index (χ0v) is 11.7. The summed E-state index contributed by atoms with van der Waals surface area (Å²) in [4.78, 5) is 24.5. The summed E-state index contributed by atoms with van der Waals surface area (Å²) in [5.74, 6) is 1.03. The lowest BCUT2D eigenvalue weighted by atomic mass is 9.97. The molecule has 0 radical (unpaired) electrons. The zero-order chi connectivity index (χ0) is 14.7. The predicted octanol–water partition coefficient (Wildman–Crippen LogP) is 0.806. The molecule has 0 bridgehead atoms. The Labute approximate surface area is 123 Å². The highest BCUT2D eigenvalue weighted by Gasteiger charge is 2.25. The maximum atomic E-state index is 11.8. The molecular formula is C15H18N2O4.